The molecule has 0 aliphatic heterocycles. The zero-order chi connectivity index (χ0) is 51.3. The lowest BCUT2D eigenvalue weighted by molar-refractivity contribution is 0.102. The van der Waals surface area contributed by atoms with Crippen molar-refractivity contribution in [2.45, 2.75) is 9.79 Å². The van der Waals surface area contributed by atoms with Gasteiger partial charge >= 0.3 is 0 Å². The number of carbonyl (C=O) groups excluding carboxylic acids is 1. The van der Waals surface area contributed by atoms with Crippen molar-refractivity contribution >= 4 is 44.7 Å². The van der Waals surface area contributed by atoms with E-state index in [1.165, 1.54) is 0 Å². The number of hydrogen-bond donors (Lipinski definition) is 2. The Bertz CT molecular complexity index is 2750. The highest BCUT2D eigenvalue weighted by atomic mass is 32.2. The van der Waals surface area contributed by atoms with Gasteiger partial charge in [-0.3, -0.25) is 4.79 Å². The molecule has 360 valence electrons. The van der Waals surface area contributed by atoms with Gasteiger partial charge in [0.05, 0.1) is 10.9 Å². The molecule has 0 radical (unpaired) electrons. The van der Waals surface area contributed by atoms with Crippen molar-refractivity contribution in [3.63, 3.8) is 0 Å². The first-order valence-electron chi connectivity index (χ1n) is 18.4. The summed E-state index contributed by atoms with van der Waals surface area (Å²) in [5.74, 6) is -70.6. The Balaban J connectivity index is 0.000000273. The van der Waals surface area contributed by atoms with E-state index in [-0.39, 0.29) is 17.3 Å². The van der Waals surface area contributed by atoms with Gasteiger partial charge in [-0.1, -0.05) is 30.3 Å². The summed E-state index contributed by atoms with van der Waals surface area (Å²) in [5, 5.41) is 19.0. The Morgan fingerprint density at radius 1 is 0.333 bits per heavy atom. The van der Waals surface area contributed by atoms with Gasteiger partial charge < -0.3 is 10.2 Å². The Hall–Kier alpha value is -7.18. The van der Waals surface area contributed by atoms with E-state index in [1.54, 1.807) is 24.3 Å². The van der Waals surface area contributed by atoms with E-state index in [1.807, 2.05) is 54.6 Å². The molecule has 0 spiro atoms. The van der Waals surface area contributed by atoms with E-state index in [4.69, 9.17) is 0 Å². The highest BCUT2D eigenvalue weighted by molar-refractivity contribution is 7.97. The molecule has 0 amide bonds. The molecule has 7 aromatic carbocycles. The minimum absolute atomic E-state index is 0.0695. The standard InChI is InChI=1S/C24BF20.C20H16O3S/c26-5-1(6(27)14(35)21(42)13(5)34)25(2-7(28)15(36)22(43)16(37)8(2)29,3-9(30)17(38)23(44)18(39)10(3)31)4-11(32)19(40)24(45)20(41)12(4)33;21-16-6-10-18(11-7-16)24(19-12-8-17(22)9-13-19)14-20(23)15-4-2-1-3-5-15/h;1-13H,14H2,(H-,21,22)/q-1;/p+1. The molecule has 25 heteroatoms. The Kier molecular flexibility index (Phi) is 14.4. The molecule has 69 heavy (non-hydrogen) atoms. The van der Waals surface area contributed by atoms with Crippen molar-refractivity contribution < 1.29 is 103 Å². The van der Waals surface area contributed by atoms with Crippen molar-refractivity contribution in [2.24, 2.45) is 0 Å². The maximum absolute atomic E-state index is 15.4. The third-order valence-corrected chi connectivity index (χ3v) is 12.6. The molecule has 0 saturated carbocycles. The molecular weight excluding hydrogens is 999 g/mol. The van der Waals surface area contributed by atoms with Crippen molar-refractivity contribution in [3.05, 3.63) is 201 Å². The summed E-state index contributed by atoms with van der Waals surface area (Å²) in [6, 6.07) is 23.1. The summed E-state index contributed by atoms with van der Waals surface area (Å²) < 4.78 is 294. The van der Waals surface area contributed by atoms with Gasteiger partial charge in [0.25, 0.3) is 0 Å². The molecule has 2 N–H and O–H groups in total. The van der Waals surface area contributed by atoms with Crippen LogP contribution in [0.4, 0.5) is 87.8 Å². The molecule has 0 fully saturated rings. The molecule has 0 aliphatic carbocycles. The average Bonchev–Trinajstić information content (AvgIpc) is 3.34. The number of rotatable bonds is 9. The van der Waals surface area contributed by atoms with E-state index in [9.17, 15) is 67.7 Å². The van der Waals surface area contributed by atoms with Gasteiger partial charge in [-0.2, -0.15) is 0 Å². The predicted octanol–water partition coefficient (Wildman–Crippen LogP) is 9.86. The molecule has 7 aromatic rings. The van der Waals surface area contributed by atoms with Crippen molar-refractivity contribution in [2.75, 3.05) is 5.75 Å². The Morgan fingerprint density at radius 3 is 0.783 bits per heavy atom. The third kappa shape index (κ3) is 8.56. The Morgan fingerprint density at radius 2 is 0.551 bits per heavy atom. The van der Waals surface area contributed by atoms with Crippen LogP contribution >= 0.6 is 0 Å². The van der Waals surface area contributed by atoms with Crippen LogP contribution in [0.2, 0.25) is 0 Å². The van der Waals surface area contributed by atoms with Crippen molar-refractivity contribution in [1.82, 2.24) is 0 Å². The first-order valence-corrected chi connectivity index (χ1v) is 19.8. The zero-order valence-corrected chi connectivity index (χ0v) is 33.9. The van der Waals surface area contributed by atoms with Crippen LogP contribution in [0.1, 0.15) is 10.4 Å². The number of Topliss-reactive ketones (excluding diaryl/α,β-unsaturated/α-hetero) is 1. The number of halogens is 20. The summed E-state index contributed by atoms with van der Waals surface area (Å²) in [5.41, 5.74) is -13.6. The molecule has 0 bridgehead atoms. The normalized spacial score (nSPS) is 11.6. The lowest BCUT2D eigenvalue weighted by Gasteiger charge is -2.44. The van der Waals surface area contributed by atoms with Crippen LogP contribution in [0.5, 0.6) is 11.5 Å². The second-order valence-electron chi connectivity index (χ2n) is 14.1. The lowest BCUT2D eigenvalue weighted by Crippen LogP contribution is -2.81. The summed E-state index contributed by atoms with van der Waals surface area (Å²) in [6.07, 6.45) is -7.22. The minimum atomic E-state index is -7.22. The third-order valence-electron chi connectivity index (χ3n) is 10.3. The van der Waals surface area contributed by atoms with Crippen LogP contribution in [-0.4, -0.2) is 27.9 Å². The van der Waals surface area contributed by atoms with Gasteiger partial charge in [0.2, 0.25) is 5.78 Å². The second-order valence-corrected chi connectivity index (χ2v) is 16.1. The average molecular weight is 1020 g/mol. The first kappa shape index (κ1) is 51.2. The van der Waals surface area contributed by atoms with Crippen LogP contribution in [0.3, 0.4) is 0 Å². The largest absolute Gasteiger partial charge is 0.508 e. The first-order chi connectivity index (χ1) is 32.3. The summed E-state index contributed by atoms with van der Waals surface area (Å²) in [7, 11) is -0.470. The van der Waals surface area contributed by atoms with Crippen LogP contribution in [0.25, 0.3) is 0 Å². The van der Waals surface area contributed by atoms with E-state index < -0.39 is 155 Å². The van der Waals surface area contributed by atoms with Crippen LogP contribution in [0, 0.1) is 116 Å². The van der Waals surface area contributed by atoms with Gasteiger partial charge in [0.1, 0.15) is 64.2 Å². The number of phenols is 2. The van der Waals surface area contributed by atoms with Gasteiger partial charge in [-0.05, 0) is 48.5 Å². The molecule has 0 aliphatic rings. The smallest absolute Gasteiger partial charge is 0.212 e. The molecule has 7 rings (SSSR count). The highest BCUT2D eigenvalue weighted by Crippen LogP contribution is 2.32. The van der Waals surface area contributed by atoms with E-state index in [2.05, 4.69) is 0 Å². The van der Waals surface area contributed by atoms with Crippen molar-refractivity contribution in [3.8, 4) is 11.5 Å². The molecule has 0 saturated heterocycles. The minimum Gasteiger partial charge on any atom is -0.508 e. The Labute approximate surface area is 374 Å². The maximum Gasteiger partial charge on any atom is 0.212 e. The maximum atomic E-state index is 15.4. The molecular formula is C44H17BF20O3S. The van der Waals surface area contributed by atoms with Gasteiger partial charge in [0.15, 0.2) is 85.4 Å². The monoisotopic (exact) mass is 1020 g/mol. The fraction of sp³-hybridized carbons (Fsp3) is 0.0227. The number of phenolic OH excluding ortho intramolecular Hbond substituents is 2. The highest BCUT2D eigenvalue weighted by Gasteiger charge is 2.52. The van der Waals surface area contributed by atoms with E-state index >= 15 is 35.1 Å². The fourth-order valence-corrected chi connectivity index (χ4v) is 9.20. The number of benzene rings is 7. The molecule has 3 nitrogen and oxygen atoms in total. The number of ketones is 1. The zero-order valence-electron chi connectivity index (χ0n) is 33.1. The number of carbonyl (C=O) groups is 1. The van der Waals surface area contributed by atoms with Crippen LogP contribution in [0.15, 0.2) is 88.7 Å². The second kappa shape index (κ2) is 19.4. The molecule has 0 aromatic heterocycles. The number of hydrogen-bond acceptors (Lipinski definition) is 3. The summed E-state index contributed by atoms with van der Waals surface area (Å²) in [4.78, 5) is 14.6. The van der Waals surface area contributed by atoms with E-state index in [0.717, 1.165) is 9.79 Å². The van der Waals surface area contributed by atoms with Gasteiger partial charge in [-0.15, -0.1) is 21.9 Å². The molecule has 0 atom stereocenters. The summed E-state index contributed by atoms with van der Waals surface area (Å²) in [6.45, 7) is 0. The van der Waals surface area contributed by atoms with Gasteiger partial charge in [0, 0.05) is 5.56 Å². The quantitative estimate of drug-likeness (QED) is 0.0379. The number of aromatic hydroxyl groups is 2. The SMILES string of the molecule is Fc1c(F)c(F)c([B-](c2c(F)c(F)c(F)c(F)c2F)(c2c(F)c(F)c(F)c(F)c2F)c2c(F)c(F)c(F)c(F)c2F)c(F)c1F.O=C(C[S+](c1ccc(O)cc1)c1ccc(O)cc1)c1ccccc1. The topological polar surface area (TPSA) is 57.5 Å². The molecule has 0 unspecified atom stereocenters. The predicted molar refractivity (Wildman–Crippen MR) is 205 cm³/mol. The molecule has 0 heterocycles. The van der Waals surface area contributed by atoms with E-state index in [0.29, 0.717) is 11.3 Å². The van der Waals surface area contributed by atoms with Crippen LogP contribution < -0.4 is 21.9 Å². The van der Waals surface area contributed by atoms with Crippen LogP contribution in [-0.2, 0) is 10.9 Å². The fourth-order valence-electron chi connectivity index (χ4n) is 7.24. The lowest BCUT2D eigenvalue weighted by atomic mass is 9.12. The van der Waals surface area contributed by atoms with Crippen molar-refractivity contribution in [1.29, 1.82) is 0 Å². The van der Waals surface area contributed by atoms with Gasteiger partial charge in [-0.25, -0.2) is 87.8 Å². The summed E-state index contributed by atoms with van der Waals surface area (Å²) >= 11 is 0.